The van der Waals surface area contributed by atoms with E-state index in [0.29, 0.717) is 34.8 Å². The largest absolute Gasteiger partial charge is 0.494 e. The number of rotatable bonds is 9. The van der Waals surface area contributed by atoms with Gasteiger partial charge in [0.25, 0.3) is 5.56 Å². The zero-order valence-electron chi connectivity index (χ0n) is 18.9. The SMILES string of the molecule is COC(=O)c1ccc2c(=O)n(C[C@@H]3CCCO3)c(SCCCOc3cccc(C)c3)nc2c1. The molecular formula is C25H28N2O5S. The van der Waals surface area contributed by atoms with Gasteiger partial charge in [-0.1, -0.05) is 23.9 Å². The van der Waals surface area contributed by atoms with E-state index >= 15 is 0 Å². The molecule has 0 bridgehead atoms. The lowest BCUT2D eigenvalue weighted by molar-refractivity contribution is 0.0601. The topological polar surface area (TPSA) is 79.7 Å². The smallest absolute Gasteiger partial charge is 0.337 e. The quantitative estimate of drug-likeness (QED) is 0.201. The standard InChI is InChI=1S/C25H28N2O5S/c1-17-6-3-7-19(14-17)31-12-5-13-33-25-26-22-15-18(24(29)30-2)9-10-21(22)23(28)27(25)16-20-8-4-11-32-20/h3,6-7,9-10,14-15,20H,4-5,8,11-13,16H2,1-2H3/t20-/m0/s1. The number of carbonyl (C=O) groups is 1. The molecule has 1 aliphatic heterocycles. The summed E-state index contributed by atoms with van der Waals surface area (Å²) in [7, 11) is 1.33. The molecule has 1 aromatic heterocycles. The van der Waals surface area contributed by atoms with Gasteiger partial charge in [0, 0.05) is 12.4 Å². The molecule has 0 amide bonds. The van der Waals surface area contributed by atoms with Gasteiger partial charge in [-0.2, -0.15) is 0 Å². The molecule has 2 aromatic carbocycles. The molecule has 0 unspecified atom stereocenters. The summed E-state index contributed by atoms with van der Waals surface area (Å²) in [5, 5.41) is 1.10. The first-order valence-electron chi connectivity index (χ1n) is 11.1. The third-order valence-electron chi connectivity index (χ3n) is 5.53. The summed E-state index contributed by atoms with van der Waals surface area (Å²) in [5.74, 6) is 1.14. The van der Waals surface area contributed by atoms with E-state index in [0.717, 1.165) is 42.9 Å². The van der Waals surface area contributed by atoms with E-state index in [1.54, 1.807) is 22.8 Å². The Bertz CT molecular complexity index is 1190. The molecule has 7 nitrogen and oxygen atoms in total. The van der Waals surface area contributed by atoms with Crippen LogP contribution in [0, 0.1) is 6.92 Å². The van der Waals surface area contributed by atoms with Crippen LogP contribution < -0.4 is 10.3 Å². The van der Waals surface area contributed by atoms with Crippen molar-refractivity contribution in [2.75, 3.05) is 26.1 Å². The van der Waals surface area contributed by atoms with E-state index in [1.165, 1.54) is 18.9 Å². The summed E-state index contributed by atoms with van der Waals surface area (Å²) < 4.78 is 18.1. The van der Waals surface area contributed by atoms with Gasteiger partial charge in [-0.15, -0.1) is 0 Å². The Hall–Kier alpha value is -2.84. The van der Waals surface area contributed by atoms with E-state index in [1.807, 2.05) is 31.2 Å². The summed E-state index contributed by atoms with van der Waals surface area (Å²) in [6.07, 6.45) is 2.75. The first kappa shape index (κ1) is 23.3. The van der Waals surface area contributed by atoms with Crippen LogP contribution >= 0.6 is 11.8 Å². The molecule has 0 aliphatic carbocycles. The average molecular weight is 469 g/mol. The van der Waals surface area contributed by atoms with Crippen molar-refractivity contribution in [1.29, 1.82) is 0 Å². The lowest BCUT2D eigenvalue weighted by Crippen LogP contribution is -2.29. The van der Waals surface area contributed by atoms with Crippen molar-refractivity contribution in [1.82, 2.24) is 9.55 Å². The van der Waals surface area contributed by atoms with Gasteiger partial charge in [-0.25, -0.2) is 9.78 Å². The first-order valence-corrected chi connectivity index (χ1v) is 12.1. The lowest BCUT2D eigenvalue weighted by atomic mass is 10.1. The fourth-order valence-corrected chi connectivity index (χ4v) is 4.75. The predicted molar refractivity (Wildman–Crippen MR) is 128 cm³/mol. The predicted octanol–water partition coefficient (Wildman–Crippen LogP) is 4.23. The number of hydrogen-bond acceptors (Lipinski definition) is 7. The second kappa shape index (κ2) is 10.9. The summed E-state index contributed by atoms with van der Waals surface area (Å²) in [6.45, 7) is 3.81. The first-order chi connectivity index (χ1) is 16.0. The number of thioether (sulfide) groups is 1. The molecule has 0 radical (unpaired) electrons. The molecule has 0 saturated carbocycles. The van der Waals surface area contributed by atoms with Crippen LogP contribution in [0.5, 0.6) is 5.75 Å². The highest BCUT2D eigenvalue weighted by atomic mass is 32.2. The number of fused-ring (bicyclic) bond motifs is 1. The van der Waals surface area contributed by atoms with Gasteiger partial charge in [0.05, 0.1) is 42.8 Å². The summed E-state index contributed by atoms with van der Waals surface area (Å²) in [4.78, 5) is 30.0. The molecule has 174 valence electrons. The van der Waals surface area contributed by atoms with E-state index < -0.39 is 5.97 Å². The van der Waals surface area contributed by atoms with Gasteiger partial charge in [-0.05, 0) is 62.1 Å². The van der Waals surface area contributed by atoms with Crippen molar-refractivity contribution in [3.05, 3.63) is 63.9 Å². The molecule has 8 heteroatoms. The molecule has 1 fully saturated rings. The number of aryl methyl sites for hydroxylation is 1. The van der Waals surface area contributed by atoms with Gasteiger partial charge >= 0.3 is 5.97 Å². The maximum atomic E-state index is 13.3. The van der Waals surface area contributed by atoms with E-state index in [-0.39, 0.29) is 11.7 Å². The molecule has 0 N–H and O–H groups in total. The third-order valence-corrected chi connectivity index (χ3v) is 6.59. The van der Waals surface area contributed by atoms with Crippen molar-refractivity contribution in [2.45, 2.75) is 44.0 Å². The van der Waals surface area contributed by atoms with Crippen LogP contribution in [0.3, 0.4) is 0 Å². The second-order valence-electron chi connectivity index (χ2n) is 8.04. The minimum absolute atomic E-state index is 0.0142. The number of methoxy groups -OCH3 is 1. The fraction of sp³-hybridized carbons (Fsp3) is 0.400. The lowest BCUT2D eigenvalue weighted by Gasteiger charge is -2.16. The van der Waals surface area contributed by atoms with Crippen LogP contribution in [0.2, 0.25) is 0 Å². The summed E-state index contributed by atoms with van der Waals surface area (Å²) in [6, 6.07) is 12.8. The summed E-state index contributed by atoms with van der Waals surface area (Å²) >= 11 is 1.52. The molecule has 1 atom stereocenters. The highest BCUT2D eigenvalue weighted by molar-refractivity contribution is 7.99. The van der Waals surface area contributed by atoms with E-state index in [9.17, 15) is 9.59 Å². The Labute approximate surface area is 197 Å². The highest BCUT2D eigenvalue weighted by Crippen LogP contribution is 2.23. The number of benzene rings is 2. The normalized spacial score (nSPS) is 15.6. The minimum atomic E-state index is -0.454. The zero-order chi connectivity index (χ0) is 23.2. The minimum Gasteiger partial charge on any atom is -0.494 e. The summed E-state index contributed by atoms with van der Waals surface area (Å²) in [5.41, 5.74) is 1.90. The van der Waals surface area contributed by atoms with Crippen LogP contribution in [0.25, 0.3) is 10.9 Å². The van der Waals surface area contributed by atoms with Crippen molar-refractivity contribution in [2.24, 2.45) is 0 Å². The molecule has 4 rings (SSSR count). The Balaban J connectivity index is 1.52. The third kappa shape index (κ3) is 5.75. The maximum Gasteiger partial charge on any atom is 0.337 e. The number of aromatic nitrogens is 2. The van der Waals surface area contributed by atoms with Crippen LogP contribution in [-0.4, -0.2) is 47.7 Å². The fourth-order valence-electron chi connectivity index (χ4n) is 3.83. The van der Waals surface area contributed by atoms with Crippen LogP contribution in [0.1, 0.15) is 35.2 Å². The van der Waals surface area contributed by atoms with Crippen LogP contribution in [0.4, 0.5) is 0 Å². The average Bonchev–Trinajstić information content (AvgIpc) is 3.33. The highest BCUT2D eigenvalue weighted by Gasteiger charge is 2.21. The molecule has 2 heterocycles. The number of carbonyl (C=O) groups excluding carboxylic acids is 1. The molecule has 1 saturated heterocycles. The molecule has 1 aliphatic rings. The number of ether oxygens (including phenoxy) is 3. The molecule has 33 heavy (non-hydrogen) atoms. The Morgan fingerprint density at radius 2 is 2.15 bits per heavy atom. The Morgan fingerprint density at radius 1 is 1.27 bits per heavy atom. The van der Waals surface area contributed by atoms with Crippen molar-refractivity contribution in [3.8, 4) is 5.75 Å². The van der Waals surface area contributed by atoms with Crippen molar-refractivity contribution >= 4 is 28.6 Å². The monoisotopic (exact) mass is 468 g/mol. The van der Waals surface area contributed by atoms with Gasteiger partial charge in [0.2, 0.25) is 0 Å². The van der Waals surface area contributed by atoms with Gasteiger partial charge in [0.15, 0.2) is 5.16 Å². The van der Waals surface area contributed by atoms with E-state index in [4.69, 9.17) is 19.2 Å². The molecule has 0 spiro atoms. The van der Waals surface area contributed by atoms with Crippen LogP contribution in [0.15, 0.2) is 52.4 Å². The molecule has 3 aromatic rings. The maximum absolute atomic E-state index is 13.3. The van der Waals surface area contributed by atoms with Crippen LogP contribution in [-0.2, 0) is 16.0 Å². The number of hydrogen-bond donors (Lipinski definition) is 0. The van der Waals surface area contributed by atoms with Gasteiger partial charge in [-0.3, -0.25) is 9.36 Å². The zero-order valence-corrected chi connectivity index (χ0v) is 19.7. The Kier molecular flexibility index (Phi) is 7.67. The second-order valence-corrected chi connectivity index (χ2v) is 9.10. The van der Waals surface area contributed by atoms with E-state index in [2.05, 4.69) is 0 Å². The number of esters is 1. The number of nitrogens with zero attached hydrogens (tertiary/aromatic N) is 2. The van der Waals surface area contributed by atoms with Gasteiger partial charge < -0.3 is 14.2 Å². The molecular weight excluding hydrogens is 440 g/mol. The van der Waals surface area contributed by atoms with Crippen molar-refractivity contribution < 1.29 is 19.0 Å². The van der Waals surface area contributed by atoms with Gasteiger partial charge in [0.1, 0.15) is 5.75 Å². The van der Waals surface area contributed by atoms with Crippen molar-refractivity contribution in [3.63, 3.8) is 0 Å². The Morgan fingerprint density at radius 3 is 2.91 bits per heavy atom.